The molecule has 0 unspecified atom stereocenters. The smallest absolute Gasteiger partial charge is 0.414 e. The van der Waals surface area contributed by atoms with Gasteiger partial charge in [0.1, 0.15) is 6.61 Å². The summed E-state index contributed by atoms with van der Waals surface area (Å²) in [5.41, 5.74) is 3.14. The van der Waals surface area contributed by atoms with E-state index in [1.54, 1.807) is 25.2 Å². The molecule has 2 amide bonds. The van der Waals surface area contributed by atoms with Gasteiger partial charge in [-0.25, -0.2) is 4.79 Å². The summed E-state index contributed by atoms with van der Waals surface area (Å²) in [4.78, 5) is 31.1. The minimum absolute atomic E-state index is 0.0989. The van der Waals surface area contributed by atoms with Crippen LogP contribution in [0.3, 0.4) is 0 Å². The van der Waals surface area contributed by atoms with Crippen LogP contribution in [0.2, 0.25) is 10.0 Å². The summed E-state index contributed by atoms with van der Waals surface area (Å²) >= 11 is 12.4. The first-order valence-corrected chi connectivity index (χ1v) is 12.7. The van der Waals surface area contributed by atoms with Crippen molar-refractivity contribution in [3.8, 4) is 0 Å². The number of ether oxygens (including phenoxy) is 1. The molecule has 0 radical (unpaired) electrons. The molecule has 8 heteroatoms. The highest BCUT2D eigenvalue weighted by atomic mass is 35.5. The Labute approximate surface area is 222 Å². The number of hydrogen-bond acceptors (Lipinski definition) is 4. The lowest BCUT2D eigenvalue weighted by Crippen LogP contribution is -2.49. The van der Waals surface area contributed by atoms with Crippen LogP contribution in [-0.2, 0) is 17.8 Å². The zero-order valence-corrected chi connectivity index (χ0v) is 21.7. The van der Waals surface area contributed by atoms with Crippen molar-refractivity contribution in [2.45, 2.75) is 13.0 Å². The molecule has 1 aliphatic heterocycles. The molecule has 188 valence electrons. The van der Waals surface area contributed by atoms with Crippen molar-refractivity contribution in [1.29, 1.82) is 0 Å². The second kappa shape index (κ2) is 12.3. The highest BCUT2D eigenvalue weighted by molar-refractivity contribution is 6.34. The van der Waals surface area contributed by atoms with Crippen LogP contribution in [0.1, 0.15) is 21.5 Å². The van der Waals surface area contributed by atoms with E-state index in [2.05, 4.69) is 4.90 Å². The number of carbonyl (C=O) groups is 2. The van der Waals surface area contributed by atoms with E-state index < -0.39 is 6.09 Å². The van der Waals surface area contributed by atoms with Crippen LogP contribution in [-0.4, -0.2) is 61.6 Å². The maximum absolute atomic E-state index is 13.1. The fourth-order valence-electron chi connectivity index (χ4n) is 4.09. The number of carbonyl (C=O) groups excluding carboxylic acids is 2. The summed E-state index contributed by atoms with van der Waals surface area (Å²) in [5, 5.41) is 1.05. The SMILES string of the molecule is CN(C(=O)OCc1ccccc1)c1ccc(C(=O)N2CCN(CCc3ccc(Cl)cc3)CC2)c(Cl)c1. The van der Waals surface area contributed by atoms with Crippen LogP contribution in [0.4, 0.5) is 10.5 Å². The Morgan fingerprint density at radius 3 is 2.25 bits per heavy atom. The molecule has 3 aromatic rings. The molecule has 0 spiro atoms. The predicted octanol–water partition coefficient (Wildman–Crippen LogP) is 5.77. The Morgan fingerprint density at radius 2 is 1.58 bits per heavy atom. The Balaban J connectivity index is 1.28. The predicted molar refractivity (Wildman–Crippen MR) is 144 cm³/mol. The first-order valence-electron chi connectivity index (χ1n) is 11.9. The highest BCUT2D eigenvalue weighted by Crippen LogP contribution is 2.25. The van der Waals surface area contributed by atoms with Gasteiger partial charge in [0.05, 0.1) is 10.6 Å². The second-order valence-electron chi connectivity index (χ2n) is 8.77. The van der Waals surface area contributed by atoms with E-state index in [1.807, 2.05) is 59.5 Å². The molecule has 1 saturated heterocycles. The van der Waals surface area contributed by atoms with E-state index >= 15 is 0 Å². The first kappa shape index (κ1) is 26.0. The molecule has 4 rings (SSSR count). The number of halogens is 2. The van der Waals surface area contributed by atoms with Crippen LogP contribution in [0, 0.1) is 0 Å². The van der Waals surface area contributed by atoms with Gasteiger partial charge in [-0.2, -0.15) is 0 Å². The quantitative estimate of drug-likeness (QED) is 0.393. The van der Waals surface area contributed by atoms with Gasteiger partial charge in [0, 0.05) is 50.5 Å². The molecule has 0 aliphatic carbocycles. The van der Waals surface area contributed by atoms with Crippen molar-refractivity contribution in [3.05, 3.63) is 99.5 Å². The van der Waals surface area contributed by atoms with Crippen molar-refractivity contribution < 1.29 is 14.3 Å². The van der Waals surface area contributed by atoms with Crippen LogP contribution in [0.15, 0.2) is 72.8 Å². The Hall–Kier alpha value is -3.06. The number of rotatable bonds is 7. The molecule has 0 atom stereocenters. The fourth-order valence-corrected chi connectivity index (χ4v) is 4.47. The fraction of sp³-hybridized carbons (Fsp3) is 0.286. The molecule has 0 bridgehead atoms. The van der Waals surface area contributed by atoms with E-state index in [1.165, 1.54) is 10.5 Å². The van der Waals surface area contributed by atoms with Crippen LogP contribution in [0.25, 0.3) is 0 Å². The molecule has 0 saturated carbocycles. The summed E-state index contributed by atoms with van der Waals surface area (Å²) in [7, 11) is 1.61. The lowest BCUT2D eigenvalue weighted by Gasteiger charge is -2.35. The molecule has 1 fully saturated rings. The summed E-state index contributed by atoms with van der Waals surface area (Å²) in [6.45, 7) is 4.02. The Bertz CT molecular complexity index is 1180. The summed E-state index contributed by atoms with van der Waals surface area (Å²) in [6.07, 6.45) is 0.448. The van der Waals surface area contributed by atoms with Gasteiger partial charge >= 0.3 is 6.09 Å². The average Bonchev–Trinajstić information content (AvgIpc) is 2.91. The van der Waals surface area contributed by atoms with Gasteiger partial charge in [0.15, 0.2) is 0 Å². The summed E-state index contributed by atoms with van der Waals surface area (Å²) in [5.74, 6) is -0.0989. The molecular weight excluding hydrogens is 497 g/mol. The standard InChI is InChI=1S/C28H29Cl2N3O3/c1-31(28(35)36-20-22-5-3-2-4-6-22)24-11-12-25(26(30)19-24)27(34)33-17-15-32(16-18-33)14-13-21-7-9-23(29)10-8-21/h2-12,19H,13-18,20H2,1H3. The third-order valence-corrected chi connectivity index (χ3v) is 6.90. The van der Waals surface area contributed by atoms with Crippen molar-refractivity contribution in [1.82, 2.24) is 9.80 Å². The zero-order chi connectivity index (χ0) is 25.5. The van der Waals surface area contributed by atoms with Gasteiger partial charge in [-0.1, -0.05) is 65.7 Å². The summed E-state index contributed by atoms with van der Waals surface area (Å²) in [6, 6.07) is 22.4. The van der Waals surface area contributed by atoms with Gasteiger partial charge < -0.3 is 9.64 Å². The molecule has 3 aromatic carbocycles. The van der Waals surface area contributed by atoms with E-state index in [0.717, 1.165) is 36.6 Å². The number of amides is 2. The number of nitrogens with zero attached hydrogens (tertiary/aromatic N) is 3. The number of benzene rings is 3. The third-order valence-electron chi connectivity index (χ3n) is 6.34. The van der Waals surface area contributed by atoms with Gasteiger partial charge in [0.2, 0.25) is 0 Å². The van der Waals surface area contributed by atoms with Crippen molar-refractivity contribution in [3.63, 3.8) is 0 Å². The maximum Gasteiger partial charge on any atom is 0.414 e. The molecule has 36 heavy (non-hydrogen) atoms. The van der Waals surface area contributed by atoms with Gasteiger partial charge in [-0.15, -0.1) is 0 Å². The van der Waals surface area contributed by atoms with E-state index in [9.17, 15) is 9.59 Å². The largest absolute Gasteiger partial charge is 0.444 e. The Kier molecular flexibility index (Phi) is 8.86. The lowest BCUT2D eigenvalue weighted by atomic mass is 10.1. The average molecular weight is 526 g/mol. The van der Waals surface area contributed by atoms with Crippen molar-refractivity contribution >= 4 is 40.9 Å². The molecule has 1 aliphatic rings. The topological polar surface area (TPSA) is 53.1 Å². The van der Waals surface area contributed by atoms with Crippen LogP contribution >= 0.6 is 23.2 Å². The Morgan fingerprint density at radius 1 is 0.889 bits per heavy atom. The van der Waals surface area contributed by atoms with E-state index in [0.29, 0.717) is 29.4 Å². The summed E-state index contributed by atoms with van der Waals surface area (Å²) < 4.78 is 5.38. The molecule has 1 heterocycles. The first-order chi connectivity index (χ1) is 17.4. The normalized spacial score (nSPS) is 13.9. The molecule has 0 aromatic heterocycles. The molecular formula is C28H29Cl2N3O3. The van der Waals surface area contributed by atoms with Gasteiger partial charge in [-0.05, 0) is 47.9 Å². The number of anilines is 1. The maximum atomic E-state index is 13.1. The monoisotopic (exact) mass is 525 g/mol. The van der Waals surface area contributed by atoms with Crippen LogP contribution in [0.5, 0.6) is 0 Å². The third kappa shape index (κ3) is 6.78. The highest BCUT2D eigenvalue weighted by Gasteiger charge is 2.24. The van der Waals surface area contributed by atoms with Crippen molar-refractivity contribution in [2.75, 3.05) is 44.7 Å². The lowest BCUT2D eigenvalue weighted by molar-refractivity contribution is 0.0638. The van der Waals surface area contributed by atoms with E-state index in [-0.39, 0.29) is 12.5 Å². The molecule has 6 nitrogen and oxygen atoms in total. The minimum Gasteiger partial charge on any atom is -0.444 e. The second-order valence-corrected chi connectivity index (χ2v) is 9.62. The number of piperazine rings is 1. The zero-order valence-electron chi connectivity index (χ0n) is 20.2. The minimum atomic E-state index is -0.497. The molecule has 0 N–H and O–H groups in total. The van der Waals surface area contributed by atoms with Crippen LogP contribution < -0.4 is 4.90 Å². The van der Waals surface area contributed by atoms with E-state index in [4.69, 9.17) is 27.9 Å². The van der Waals surface area contributed by atoms with Gasteiger partial charge in [-0.3, -0.25) is 14.6 Å². The van der Waals surface area contributed by atoms with Gasteiger partial charge in [0.25, 0.3) is 5.91 Å². The van der Waals surface area contributed by atoms with Crippen molar-refractivity contribution in [2.24, 2.45) is 0 Å². The number of hydrogen-bond donors (Lipinski definition) is 0.